The van der Waals surface area contributed by atoms with Crippen molar-refractivity contribution in [2.24, 2.45) is 0 Å². The van der Waals surface area contributed by atoms with Crippen molar-refractivity contribution < 1.29 is 31.8 Å². The Hall–Kier alpha value is -1.97. The van der Waals surface area contributed by atoms with Gasteiger partial charge < -0.3 is 18.3 Å². The van der Waals surface area contributed by atoms with Crippen LogP contribution in [0.4, 0.5) is 4.39 Å². The summed E-state index contributed by atoms with van der Waals surface area (Å²) < 4.78 is 64.5. The van der Waals surface area contributed by atoms with Crippen LogP contribution in [0.2, 0.25) is 0 Å². The Balaban J connectivity index is 1.42. The molecule has 0 saturated carbocycles. The quantitative estimate of drug-likeness (QED) is 0.140. The molecule has 0 radical (unpaired) electrons. The molecule has 13 heteroatoms. The van der Waals surface area contributed by atoms with E-state index in [9.17, 15) is 13.5 Å². The van der Waals surface area contributed by atoms with E-state index in [2.05, 4.69) is 10.1 Å². The number of aromatic nitrogens is 2. The zero-order valence-corrected chi connectivity index (χ0v) is 26.3. The molecule has 1 aliphatic rings. The lowest BCUT2D eigenvalue weighted by atomic mass is 10.1. The van der Waals surface area contributed by atoms with Crippen LogP contribution < -0.4 is 9.82 Å². The zero-order chi connectivity index (χ0) is 29.3. The molecule has 1 aromatic carbocycles. The number of thiazole rings is 1. The molecule has 1 aliphatic heterocycles. The van der Waals surface area contributed by atoms with E-state index >= 15 is 0 Å². The van der Waals surface area contributed by atoms with Gasteiger partial charge in [0.2, 0.25) is 0 Å². The molecule has 2 atom stereocenters. The highest BCUT2D eigenvalue weighted by atomic mass is 32.1. The molecular formula is C28H38FN3O6P2S. The van der Waals surface area contributed by atoms with Crippen LogP contribution in [0.3, 0.4) is 0 Å². The van der Waals surface area contributed by atoms with Crippen LogP contribution in [0.15, 0.2) is 42.7 Å². The topological polar surface area (TPSA) is 109 Å². The fraction of sp³-hybridized carbons (Fsp3) is 0.500. The molecule has 1 saturated heterocycles. The highest BCUT2D eigenvalue weighted by molar-refractivity contribution is 7.60. The van der Waals surface area contributed by atoms with Crippen molar-refractivity contribution in [1.29, 1.82) is 0 Å². The number of aryl methyl sites for hydroxylation is 2. The molecule has 1 N–H and O–H groups in total. The second-order valence-corrected chi connectivity index (χ2v) is 15.5. The van der Waals surface area contributed by atoms with Crippen molar-refractivity contribution in [2.75, 3.05) is 39.1 Å². The Morgan fingerprint density at radius 1 is 1.20 bits per heavy atom. The van der Waals surface area contributed by atoms with Crippen LogP contribution in [0.25, 0.3) is 10.6 Å². The standard InChI is InChI=1S/C28H38FN3O6P2S/c1-4-36-40(34,37-5-2)24(20-39(33)31-13-7-17-38-39)18-22-9-10-25(29)27(19-22)35-16-6-8-26-21(3)41-28(32-26)23-11-14-30-15-12-23/h9-12,14-15,19,24H,4-8,13,16-18,20H2,1-3H3,(H,31,33). The summed E-state index contributed by atoms with van der Waals surface area (Å²) in [4.78, 5) is 9.97. The van der Waals surface area contributed by atoms with Gasteiger partial charge in [-0.15, -0.1) is 11.3 Å². The summed E-state index contributed by atoms with van der Waals surface area (Å²) in [6, 6.07) is 8.42. The molecule has 3 aromatic rings. The van der Waals surface area contributed by atoms with Gasteiger partial charge in [-0.3, -0.25) is 14.1 Å². The Labute approximate surface area is 245 Å². The van der Waals surface area contributed by atoms with Crippen LogP contribution in [0.1, 0.15) is 42.8 Å². The third kappa shape index (κ3) is 8.77. The molecule has 0 spiro atoms. The maximum absolute atomic E-state index is 14.7. The van der Waals surface area contributed by atoms with E-state index in [0.29, 0.717) is 38.2 Å². The molecule has 0 aliphatic carbocycles. The number of nitrogens with one attached hydrogen (secondary N) is 1. The molecule has 1 fully saturated rings. The van der Waals surface area contributed by atoms with Gasteiger partial charge in [-0.25, -0.2) is 14.5 Å². The molecule has 3 heterocycles. The summed E-state index contributed by atoms with van der Waals surface area (Å²) >= 11 is 1.64. The van der Waals surface area contributed by atoms with Crippen LogP contribution in [0, 0.1) is 12.7 Å². The van der Waals surface area contributed by atoms with Gasteiger partial charge in [0.05, 0.1) is 43.9 Å². The van der Waals surface area contributed by atoms with E-state index in [1.807, 2.05) is 19.1 Å². The summed E-state index contributed by atoms with van der Waals surface area (Å²) in [5.74, 6) is -0.381. The van der Waals surface area contributed by atoms with Gasteiger partial charge in [-0.2, -0.15) is 0 Å². The molecule has 2 unspecified atom stereocenters. The normalized spacial score (nSPS) is 18.3. The molecule has 9 nitrogen and oxygen atoms in total. The van der Waals surface area contributed by atoms with E-state index in [1.165, 1.54) is 6.07 Å². The van der Waals surface area contributed by atoms with Crippen LogP contribution >= 0.6 is 26.5 Å². The summed E-state index contributed by atoms with van der Waals surface area (Å²) in [7, 11) is -6.89. The minimum absolute atomic E-state index is 0.0215. The van der Waals surface area contributed by atoms with Gasteiger partial charge >= 0.3 is 7.60 Å². The van der Waals surface area contributed by atoms with Gasteiger partial charge in [0.1, 0.15) is 5.01 Å². The van der Waals surface area contributed by atoms with Gasteiger partial charge in [0, 0.05) is 29.4 Å². The van der Waals surface area contributed by atoms with Crippen LogP contribution in [0.5, 0.6) is 5.75 Å². The summed E-state index contributed by atoms with van der Waals surface area (Å²) in [6.07, 6.45) is 5.77. The first-order valence-corrected chi connectivity index (χ1v) is 18.1. The Bertz CT molecular complexity index is 1360. The Kier molecular flexibility index (Phi) is 11.7. The maximum atomic E-state index is 14.7. The van der Waals surface area contributed by atoms with Crippen LogP contribution in [-0.4, -0.2) is 54.8 Å². The average molecular weight is 626 g/mol. The third-order valence-corrected chi connectivity index (χ3v) is 12.7. The average Bonchev–Trinajstić information content (AvgIpc) is 3.33. The molecule has 0 bridgehead atoms. The van der Waals surface area contributed by atoms with E-state index in [0.717, 1.165) is 27.6 Å². The highest BCUT2D eigenvalue weighted by Gasteiger charge is 2.42. The number of pyridine rings is 1. The van der Waals surface area contributed by atoms with Gasteiger partial charge in [0.25, 0.3) is 7.52 Å². The zero-order valence-electron chi connectivity index (χ0n) is 23.7. The second kappa shape index (κ2) is 15.0. The fourth-order valence-electron chi connectivity index (χ4n) is 4.62. The summed E-state index contributed by atoms with van der Waals surface area (Å²) in [5.41, 5.74) is 1.95. The largest absolute Gasteiger partial charge is 0.490 e. The number of ether oxygens (including phenoxy) is 1. The molecular weight excluding hydrogens is 587 g/mol. The number of halogens is 1. The van der Waals surface area contributed by atoms with Crippen molar-refractivity contribution >= 4 is 26.5 Å². The highest BCUT2D eigenvalue weighted by Crippen LogP contribution is 2.59. The first-order chi connectivity index (χ1) is 19.7. The van der Waals surface area contributed by atoms with Crippen molar-refractivity contribution in [3.8, 4) is 16.3 Å². The van der Waals surface area contributed by atoms with Crippen molar-refractivity contribution in [1.82, 2.24) is 15.1 Å². The van der Waals surface area contributed by atoms with Crippen LogP contribution in [-0.2, 0) is 35.5 Å². The first kappa shape index (κ1) is 32.0. The predicted molar refractivity (Wildman–Crippen MR) is 160 cm³/mol. The van der Waals surface area contributed by atoms with E-state index in [1.54, 1.807) is 49.7 Å². The maximum Gasteiger partial charge on any atom is 0.334 e. The summed E-state index contributed by atoms with van der Waals surface area (Å²) in [6.45, 7) is 7.08. The van der Waals surface area contributed by atoms with Gasteiger partial charge in [-0.1, -0.05) is 6.07 Å². The minimum Gasteiger partial charge on any atom is -0.490 e. The lowest BCUT2D eigenvalue weighted by Gasteiger charge is -2.31. The van der Waals surface area contributed by atoms with Crippen molar-refractivity contribution in [3.05, 3.63) is 64.7 Å². The number of nitrogens with zero attached hydrogens (tertiary/aromatic N) is 2. The fourth-order valence-corrected chi connectivity index (χ4v) is 10.6. The van der Waals surface area contributed by atoms with Crippen molar-refractivity contribution in [2.45, 2.75) is 52.1 Å². The SMILES string of the molecule is CCOP(=O)(OCC)C(Cc1ccc(F)c(OCCCc2nc(-c3ccncc3)sc2C)c1)CP1(=O)NCCCO1. The summed E-state index contributed by atoms with van der Waals surface area (Å²) in [5, 5.41) is 3.91. The molecule has 2 aromatic heterocycles. The van der Waals surface area contributed by atoms with E-state index in [-0.39, 0.29) is 31.5 Å². The molecule has 0 amide bonds. The third-order valence-electron chi connectivity index (χ3n) is 6.59. The minimum atomic E-state index is -3.65. The lowest BCUT2D eigenvalue weighted by Crippen LogP contribution is -2.29. The number of benzene rings is 1. The van der Waals surface area contributed by atoms with Gasteiger partial charge in [-0.05, 0) is 76.3 Å². The Morgan fingerprint density at radius 2 is 1.95 bits per heavy atom. The number of hydrogen-bond donors (Lipinski definition) is 1. The first-order valence-electron chi connectivity index (χ1n) is 13.9. The Morgan fingerprint density at radius 3 is 2.63 bits per heavy atom. The van der Waals surface area contributed by atoms with Crippen molar-refractivity contribution in [3.63, 3.8) is 0 Å². The monoisotopic (exact) mass is 625 g/mol. The van der Waals surface area contributed by atoms with E-state index < -0.39 is 26.6 Å². The molecule has 224 valence electrons. The lowest BCUT2D eigenvalue weighted by molar-refractivity contribution is 0.211. The smallest absolute Gasteiger partial charge is 0.334 e. The molecule has 41 heavy (non-hydrogen) atoms. The number of rotatable bonds is 15. The van der Waals surface area contributed by atoms with E-state index in [4.69, 9.17) is 23.3 Å². The number of hydrogen-bond acceptors (Lipinski definition) is 9. The van der Waals surface area contributed by atoms with Gasteiger partial charge in [0.15, 0.2) is 11.6 Å². The predicted octanol–water partition coefficient (Wildman–Crippen LogP) is 7.04. The molecule has 4 rings (SSSR count). The second-order valence-electron chi connectivity index (χ2n) is 9.66.